The van der Waals surface area contributed by atoms with E-state index in [1.807, 2.05) is 31.2 Å². The standard InChI is InChI=1S/C18H16N4OS/c1-11-8-17(22-21-11)19-16-9-14-13(4-3-5-15(14)23-2)18(20-16)12-6-7-24-10-12/h3-10H,1-2H3,(H2,19,20,21,22). The number of methoxy groups -OCH3 is 1. The van der Waals surface area contributed by atoms with E-state index in [1.165, 1.54) is 0 Å². The molecular formula is C18H16N4OS. The number of anilines is 2. The zero-order chi connectivity index (χ0) is 16.5. The maximum Gasteiger partial charge on any atom is 0.153 e. The van der Waals surface area contributed by atoms with Crippen molar-refractivity contribution in [2.24, 2.45) is 0 Å². The monoisotopic (exact) mass is 336 g/mol. The van der Waals surface area contributed by atoms with Crippen LogP contribution < -0.4 is 10.1 Å². The number of ether oxygens (including phenoxy) is 1. The Labute approximate surface area is 143 Å². The molecule has 0 aliphatic carbocycles. The average Bonchev–Trinajstić information content (AvgIpc) is 3.25. The molecule has 6 heteroatoms. The molecule has 4 aromatic rings. The number of aromatic amines is 1. The van der Waals surface area contributed by atoms with Crippen LogP contribution in [-0.2, 0) is 0 Å². The Hall–Kier alpha value is -2.86. The van der Waals surface area contributed by atoms with Gasteiger partial charge in [-0.2, -0.15) is 16.4 Å². The van der Waals surface area contributed by atoms with E-state index in [0.717, 1.165) is 45.1 Å². The van der Waals surface area contributed by atoms with Crippen LogP contribution in [0.4, 0.5) is 11.6 Å². The van der Waals surface area contributed by atoms with Crippen molar-refractivity contribution in [1.82, 2.24) is 15.2 Å². The maximum atomic E-state index is 5.53. The molecule has 0 fully saturated rings. The molecule has 3 aromatic heterocycles. The van der Waals surface area contributed by atoms with Crippen LogP contribution in [0.3, 0.4) is 0 Å². The molecule has 0 aliphatic heterocycles. The summed E-state index contributed by atoms with van der Waals surface area (Å²) < 4.78 is 5.53. The van der Waals surface area contributed by atoms with Gasteiger partial charge in [-0.3, -0.25) is 5.10 Å². The van der Waals surface area contributed by atoms with Gasteiger partial charge in [0.05, 0.1) is 12.8 Å². The molecule has 5 nitrogen and oxygen atoms in total. The normalized spacial score (nSPS) is 10.9. The Morgan fingerprint density at radius 2 is 2.04 bits per heavy atom. The molecule has 0 spiro atoms. The third-order valence-electron chi connectivity index (χ3n) is 3.81. The van der Waals surface area contributed by atoms with E-state index in [0.29, 0.717) is 0 Å². The largest absolute Gasteiger partial charge is 0.496 e. The molecular weight excluding hydrogens is 320 g/mol. The summed E-state index contributed by atoms with van der Waals surface area (Å²) in [6, 6.07) is 12.0. The van der Waals surface area contributed by atoms with Gasteiger partial charge in [0.2, 0.25) is 0 Å². The van der Waals surface area contributed by atoms with E-state index < -0.39 is 0 Å². The number of fused-ring (bicyclic) bond motifs is 1. The van der Waals surface area contributed by atoms with Gasteiger partial charge in [-0.15, -0.1) is 0 Å². The lowest BCUT2D eigenvalue weighted by Gasteiger charge is -2.12. The summed E-state index contributed by atoms with van der Waals surface area (Å²) in [5.41, 5.74) is 3.02. The van der Waals surface area contributed by atoms with Gasteiger partial charge < -0.3 is 10.1 Å². The zero-order valence-electron chi connectivity index (χ0n) is 13.3. The fraction of sp³-hybridized carbons (Fsp3) is 0.111. The van der Waals surface area contributed by atoms with Crippen LogP contribution in [0.2, 0.25) is 0 Å². The maximum absolute atomic E-state index is 5.53. The number of thiophene rings is 1. The number of aryl methyl sites for hydroxylation is 1. The van der Waals surface area contributed by atoms with E-state index in [1.54, 1.807) is 18.4 Å². The second kappa shape index (κ2) is 5.98. The first-order chi connectivity index (χ1) is 11.7. The van der Waals surface area contributed by atoms with Gasteiger partial charge >= 0.3 is 0 Å². The van der Waals surface area contributed by atoms with Crippen LogP contribution in [-0.4, -0.2) is 22.3 Å². The summed E-state index contributed by atoms with van der Waals surface area (Å²) in [6.07, 6.45) is 0. The SMILES string of the molecule is COc1cccc2c(-c3ccsc3)nc(Nc3cc(C)[nH]n3)cc12. The highest BCUT2D eigenvalue weighted by atomic mass is 32.1. The smallest absolute Gasteiger partial charge is 0.153 e. The van der Waals surface area contributed by atoms with Crippen molar-refractivity contribution in [2.45, 2.75) is 6.92 Å². The summed E-state index contributed by atoms with van der Waals surface area (Å²) in [7, 11) is 1.68. The quantitative estimate of drug-likeness (QED) is 0.565. The van der Waals surface area contributed by atoms with E-state index in [9.17, 15) is 0 Å². The molecule has 4 rings (SSSR count). The highest BCUT2D eigenvalue weighted by Gasteiger charge is 2.12. The number of H-pyrrole nitrogens is 1. The number of hydrogen-bond donors (Lipinski definition) is 2. The first-order valence-electron chi connectivity index (χ1n) is 7.54. The number of nitrogens with zero attached hydrogens (tertiary/aromatic N) is 2. The first kappa shape index (κ1) is 14.7. The minimum absolute atomic E-state index is 0.736. The first-order valence-corrected chi connectivity index (χ1v) is 8.48. The van der Waals surface area contributed by atoms with Crippen LogP contribution in [0.5, 0.6) is 5.75 Å². The number of rotatable bonds is 4. The summed E-state index contributed by atoms with van der Waals surface area (Å²) >= 11 is 1.66. The molecule has 0 radical (unpaired) electrons. The molecule has 0 saturated carbocycles. The Bertz CT molecular complexity index is 992. The second-order valence-corrected chi connectivity index (χ2v) is 6.26. The van der Waals surface area contributed by atoms with Crippen LogP contribution in [0.25, 0.3) is 22.0 Å². The van der Waals surface area contributed by atoms with Crippen LogP contribution in [0, 0.1) is 6.92 Å². The van der Waals surface area contributed by atoms with Crippen molar-refractivity contribution in [1.29, 1.82) is 0 Å². The summed E-state index contributed by atoms with van der Waals surface area (Å²) in [6.45, 7) is 1.96. The minimum atomic E-state index is 0.736. The Balaban J connectivity index is 1.91. The average molecular weight is 336 g/mol. The molecule has 3 heterocycles. The molecule has 0 unspecified atom stereocenters. The lowest BCUT2D eigenvalue weighted by Crippen LogP contribution is -1.97. The fourth-order valence-electron chi connectivity index (χ4n) is 2.72. The molecule has 0 amide bonds. The van der Waals surface area contributed by atoms with Gasteiger partial charge in [0.25, 0.3) is 0 Å². The van der Waals surface area contributed by atoms with Crippen molar-refractivity contribution in [2.75, 3.05) is 12.4 Å². The molecule has 24 heavy (non-hydrogen) atoms. The van der Waals surface area contributed by atoms with Crippen LogP contribution >= 0.6 is 11.3 Å². The van der Waals surface area contributed by atoms with Gasteiger partial charge in [-0.1, -0.05) is 12.1 Å². The molecule has 0 bridgehead atoms. The lowest BCUT2D eigenvalue weighted by molar-refractivity contribution is 0.420. The molecule has 2 N–H and O–H groups in total. The zero-order valence-corrected chi connectivity index (χ0v) is 14.1. The van der Waals surface area contributed by atoms with Gasteiger partial charge in [0.15, 0.2) is 5.82 Å². The number of nitrogens with one attached hydrogen (secondary N) is 2. The Morgan fingerprint density at radius 3 is 2.75 bits per heavy atom. The van der Waals surface area contributed by atoms with Crippen molar-refractivity contribution in [3.63, 3.8) is 0 Å². The predicted octanol–water partition coefficient (Wildman–Crippen LogP) is 4.75. The second-order valence-electron chi connectivity index (χ2n) is 5.48. The van der Waals surface area contributed by atoms with E-state index in [2.05, 4.69) is 38.4 Å². The van der Waals surface area contributed by atoms with Crippen molar-refractivity contribution in [3.05, 3.63) is 52.9 Å². The number of hydrogen-bond acceptors (Lipinski definition) is 5. The van der Waals surface area contributed by atoms with Gasteiger partial charge in [0, 0.05) is 33.5 Å². The van der Waals surface area contributed by atoms with Crippen molar-refractivity contribution < 1.29 is 4.74 Å². The fourth-order valence-corrected chi connectivity index (χ4v) is 3.36. The topological polar surface area (TPSA) is 62.8 Å². The summed E-state index contributed by atoms with van der Waals surface area (Å²) in [5, 5.41) is 16.7. The molecule has 0 saturated heterocycles. The van der Waals surface area contributed by atoms with Gasteiger partial charge in [-0.25, -0.2) is 4.98 Å². The number of pyridine rings is 1. The Kier molecular flexibility index (Phi) is 3.66. The molecule has 0 aliphatic rings. The van der Waals surface area contributed by atoms with Gasteiger partial charge in [0.1, 0.15) is 11.6 Å². The van der Waals surface area contributed by atoms with Crippen LogP contribution in [0.15, 0.2) is 47.2 Å². The molecule has 120 valence electrons. The highest BCUT2D eigenvalue weighted by Crippen LogP contribution is 2.35. The molecule has 0 atom stereocenters. The van der Waals surface area contributed by atoms with E-state index in [-0.39, 0.29) is 0 Å². The van der Waals surface area contributed by atoms with Crippen molar-refractivity contribution >= 4 is 33.7 Å². The van der Waals surface area contributed by atoms with E-state index >= 15 is 0 Å². The number of benzene rings is 1. The third kappa shape index (κ3) is 2.61. The summed E-state index contributed by atoms with van der Waals surface area (Å²) in [5.74, 6) is 2.30. The van der Waals surface area contributed by atoms with E-state index in [4.69, 9.17) is 9.72 Å². The minimum Gasteiger partial charge on any atom is -0.496 e. The lowest BCUT2D eigenvalue weighted by atomic mass is 10.1. The van der Waals surface area contributed by atoms with Crippen molar-refractivity contribution in [3.8, 4) is 17.0 Å². The van der Waals surface area contributed by atoms with Crippen LogP contribution in [0.1, 0.15) is 5.69 Å². The number of aromatic nitrogens is 3. The third-order valence-corrected chi connectivity index (χ3v) is 4.49. The highest BCUT2D eigenvalue weighted by molar-refractivity contribution is 7.08. The summed E-state index contributed by atoms with van der Waals surface area (Å²) in [4.78, 5) is 4.81. The van der Waals surface area contributed by atoms with Gasteiger partial charge in [-0.05, 0) is 30.5 Å². The Morgan fingerprint density at radius 1 is 1.12 bits per heavy atom. The molecule has 1 aromatic carbocycles. The predicted molar refractivity (Wildman–Crippen MR) is 98.2 cm³/mol.